The van der Waals surface area contributed by atoms with Crippen molar-refractivity contribution in [2.75, 3.05) is 24.1 Å². The molecule has 0 saturated carbocycles. The summed E-state index contributed by atoms with van der Waals surface area (Å²) in [7, 11) is 0. The third-order valence-electron chi connectivity index (χ3n) is 2.16. The number of nitrogens with one attached hydrogen (secondary N) is 1. The molecule has 0 aromatic carbocycles. The van der Waals surface area contributed by atoms with Crippen molar-refractivity contribution in [1.29, 1.82) is 0 Å². The monoisotopic (exact) mass is 326 g/mol. The highest BCUT2D eigenvalue weighted by atomic mass is 127. The molecule has 1 atom stereocenters. The van der Waals surface area contributed by atoms with Gasteiger partial charge in [0.2, 0.25) is 0 Å². The fraction of sp³-hybridized carbons (Fsp3) is 0.900. The summed E-state index contributed by atoms with van der Waals surface area (Å²) >= 11 is 2.30. The molecule has 88 valence electrons. The lowest BCUT2D eigenvalue weighted by molar-refractivity contribution is 0.0148. The Labute approximate surface area is 105 Å². The van der Waals surface area contributed by atoms with Gasteiger partial charge < -0.3 is 15.0 Å². The molecule has 0 aliphatic carbocycles. The zero-order valence-corrected chi connectivity index (χ0v) is 11.7. The lowest BCUT2D eigenvalue weighted by atomic mass is 10.2. The molecule has 15 heavy (non-hydrogen) atoms. The molecule has 0 bridgehead atoms. The van der Waals surface area contributed by atoms with Crippen molar-refractivity contribution in [3.8, 4) is 0 Å². The maximum Gasteiger partial charge on any atom is 0.410 e. The van der Waals surface area contributed by atoms with E-state index in [0.29, 0.717) is 0 Å². The van der Waals surface area contributed by atoms with Gasteiger partial charge in [-0.05, 0) is 20.8 Å². The van der Waals surface area contributed by atoms with Crippen LogP contribution >= 0.6 is 22.6 Å². The lowest BCUT2D eigenvalue weighted by Gasteiger charge is -2.36. The van der Waals surface area contributed by atoms with E-state index >= 15 is 0 Å². The van der Waals surface area contributed by atoms with Gasteiger partial charge in [-0.15, -0.1) is 0 Å². The summed E-state index contributed by atoms with van der Waals surface area (Å²) in [6, 6.07) is 0.259. The number of alkyl halides is 1. The molecular formula is C10H19IN2O2. The predicted octanol–water partition coefficient (Wildman–Crippen LogP) is 1.63. The van der Waals surface area contributed by atoms with Crippen LogP contribution in [0, 0.1) is 0 Å². The molecule has 1 aliphatic heterocycles. The third-order valence-corrected chi connectivity index (χ3v) is 3.17. The minimum atomic E-state index is -0.405. The largest absolute Gasteiger partial charge is 0.444 e. The van der Waals surface area contributed by atoms with Crippen molar-refractivity contribution in [3.63, 3.8) is 0 Å². The Hall–Kier alpha value is -0.0400. The second-order valence-electron chi connectivity index (χ2n) is 4.69. The molecule has 1 saturated heterocycles. The van der Waals surface area contributed by atoms with Gasteiger partial charge in [-0.3, -0.25) is 0 Å². The average Bonchev–Trinajstić information content (AvgIpc) is 2.15. The first-order chi connectivity index (χ1) is 6.94. The number of carbonyl (C=O) groups is 1. The predicted molar refractivity (Wildman–Crippen MR) is 68.5 cm³/mol. The topological polar surface area (TPSA) is 41.6 Å². The van der Waals surface area contributed by atoms with Gasteiger partial charge in [0.15, 0.2) is 0 Å². The number of ether oxygens (including phenoxy) is 1. The maximum absolute atomic E-state index is 11.9. The number of piperazine rings is 1. The van der Waals surface area contributed by atoms with Crippen LogP contribution < -0.4 is 5.32 Å². The quantitative estimate of drug-likeness (QED) is 0.588. The van der Waals surface area contributed by atoms with Gasteiger partial charge >= 0.3 is 6.09 Å². The summed E-state index contributed by atoms with van der Waals surface area (Å²) in [5, 5.41) is 3.28. The molecule has 0 radical (unpaired) electrons. The van der Waals surface area contributed by atoms with Gasteiger partial charge in [0.05, 0.1) is 6.04 Å². The second-order valence-corrected chi connectivity index (χ2v) is 5.57. The van der Waals surface area contributed by atoms with Crippen LogP contribution in [0.25, 0.3) is 0 Å². The summed E-state index contributed by atoms with van der Waals surface area (Å²) in [4.78, 5) is 13.7. The van der Waals surface area contributed by atoms with Crippen molar-refractivity contribution in [1.82, 2.24) is 10.2 Å². The van der Waals surface area contributed by atoms with Gasteiger partial charge in [0, 0.05) is 24.1 Å². The number of halogens is 1. The lowest BCUT2D eigenvalue weighted by Crippen LogP contribution is -2.55. The van der Waals surface area contributed by atoms with E-state index in [1.54, 1.807) is 0 Å². The summed E-state index contributed by atoms with van der Waals surface area (Å²) < 4.78 is 6.30. The molecule has 1 N–H and O–H groups in total. The van der Waals surface area contributed by atoms with E-state index < -0.39 is 5.60 Å². The van der Waals surface area contributed by atoms with Crippen LogP contribution in [0.15, 0.2) is 0 Å². The molecule has 0 spiro atoms. The molecule has 1 heterocycles. The SMILES string of the molecule is CC(C)(C)OC(=O)N1CCNC[C@H]1CI. The van der Waals surface area contributed by atoms with E-state index in [-0.39, 0.29) is 12.1 Å². The van der Waals surface area contributed by atoms with Crippen molar-refractivity contribution in [2.45, 2.75) is 32.4 Å². The average molecular weight is 326 g/mol. The first-order valence-electron chi connectivity index (χ1n) is 5.20. The van der Waals surface area contributed by atoms with E-state index in [1.165, 1.54) is 0 Å². The van der Waals surface area contributed by atoms with E-state index in [0.717, 1.165) is 24.1 Å². The molecule has 5 heteroatoms. The Morgan fingerprint density at radius 3 is 2.80 bits per heavy atom. The molecule has 0 unspecified atom stereocenters. The fourth-order valence-electron chi connectivity index (χ4n) is 1.46. The van der Waals surface area contributed by atoms with Crippen LogP contribution in [-0.2, 0) is 4.74 Å². The highest BCUT2D eigenvalue weighted by Gasteiger charge is 2.29. The first-order valence-corrected chi connectivity index (χ1v) is 6.73. The highest BCUT2D eigenvalue weighted by molar-refractivity contribution is 14.1. The number of carbonyl (C=O) groups excluding carboxylic acids is 1. The van der Waals surface area contributed by atoms with Gasteiger partial charge in [-0.1, -0.05) is 22.6 Å². The van der Waals surface area contributed by atoms with E-state index in [1.807, 2.05) is 25.7 Å². The van der Waals surface area contributed by atoms with Crippen molar-refractivity contribution < 1.29 is 9.53 Å². The Balaban J connectivity index is 2.56. The zero-order chi connectivity index (χ0) is 11.5. The van der Waals surface area contributed by atoms with Gasteiger partial charge in [0.25, 0.3) is 0 Å². The van der Waals surface area contributed by atoms with E-state index in [2.05, 4.69) is 27.9 Å². The van der Waals surface area contributed by atoms with Crippen LogP contribution in [0.3, 0.4) is 0 Å². The van der Waals surface area contributed by atoms with Crippen LogP contribution in [0.4, 0.5) is 4.79 Å². The van der Waals surface area contributed by atoms with Crippen LogP contribution in [-0.4, -0.2) is 46.7 Å². The van der Waals surface area contributed by atoms with Crippen molar-refractivity contribution in [3.05, 3.63) is 0 Å². The Morgan fingerprint density at radius 2 is 2.27 bits per heavy atom. The van der Waals surface area contributed by atoms with Crippen LogP contribution in [0.1, 0.15) is 20.8 Å². The molecule has 1 fully saturated rings. The maximum atomic E-state index is 11.9. The molecule has 1 amide bonds. The van der Waals surface area contributed by atoms with Gasteiger partial charge in [-0.2, -0.15) is 0 Å². The zero-order valence-electron chi connectivity index (χ0n) is 9.55. The fourth-order valence-corrected chi connectivity index (χ4v) is 2.25. The van der Waals surface area contributed by atoms with Crippen LogP contribution in [0.2, 0.25) is 0 Å². The summed E-state index contributed by atoms with van der Waals surface area (Å²) in [5.41, 5.74) is -0.405. The normalized spacial score (nSPS) is 22.7. The molecule has 4 nitrogen and oxygen atoms in total. The Bertz CT molecular complexity index is 228. The first kappa shape index (κ1) is 13.0. The third kappa shape index (κ3) is 4.14. The Morgan fingerprint density at radius 1 is 1.60 bits per heavy atom. The molecule has 0 aromatic heterocycles. The Kier molecular flexibility index (Phi) is 4.64. The second kappa shape index (κ2) is 5.34. The number of nitrogens with zero attached hydrogens (tertiary/aromatic N) is 1. The van der Waals surface area contributed by atoms with Crippen LogP contribution in [0.5, 0.6) is 0 Å². The smallest absolute Gasteiger partial charge is 0.410 e. The molecular weight excluding hydrogens is 307 g/mol. The van der Waals surface area contributed by atoms with E-state index in [4.69, 9.17) is 4.74 Å². The summed E-state index contributed by atoms with van der Waals surface area (Å²) in [6.07, 6.45) is -0.189. The minimum Gasteiger partial charge on any atom is -0.444 e. The molecule has 0 aromatic rings. The summed E-state index contributed by atoms with van der Waals surface area (Å²) in [6.45, 7) is 8.14. The van der Waals surface area contributed by atoms with Gasteiger partial charge in [-0.25, -0.2) is 4.79 Å². The summed E-state index contributed by atoms with van der Waals surface area (Å²) in [5.74, 6) is 0. The molecule has 1 aliphatic rings. The van der Waals surface area contributed by atoms with E-state index in [9.17, 15) is 4.79 Å². The number of amides is 1. The number of hydrogen-bond donors (Lipinski definition) is 1. The number of rotatable bonds is 1. The minimum absolute atomic E-state index is 0.189. The highest BCUT2D eigenvalue weighted by Crippen LogP contribution is 2.14. The number of hydrogen-bond acceptors (Lipinski definition) is 3. The molecule has 1 rings (SSSR count). The standard InChI is InChI=1S/C10H19IN2O2/c1-10(2,3)15-9(14)13-5-4-12-7-8(13)6-11/h8,12H,4-7H2,1-3H3/t8-/m1/s1. The van der Waals surface area contributed by atoms with Gasteiger partial charge in [0.1, 0.15) is 5.60 Å². The van der Waals surface area contributed by atoms with Crippen molar-refractivity contribution >= 4 is 28.7 Å². The van der Waals surface area contributed by atoms with Crippen molar-refractivity contribution in [2.24, 2.45) is 0 Å².